The third-order valence-electron chi connectivity index (χ3n) is 5.28. The van der Waals surface area contributed by atoms with Gasteiger partial charge < -0.3 is 9.47 Å². The summed E-state index contributed by atoms with van der Waals surface area (Å²) in [4.78, 5) is 6.71. The van der Waals surface area contributed by atoms with Gasteiger partial charge in [0.1, 0.15) is 12.4 Å². The Morgan fingerprint density at radius 2 is 2.12 bits per heavy atom. The molecule has 0 saturated carbocycles. The molecule has 1 aromatic heterocycles. The van der Waals surface area contributed by atoms with Crippen LogP contribution in [0.1, 0.15) is 30.4 Å². The molecule has 4 heteroatoms. The van der Waals surface area contributed by atoms with Crippen molar-refractivity contribution >= 4 is 0 Å². The van der Waals surface area contributed by atoms with Crippen LogP contribution in [0.25, 0.3) is 0 Å². The van der Waals surface area contributed by atoms with Gasteiger partial charge in [-0.3, -0.25) is 9.88 Å². The maximum Gasteiger partial charge on any atom is 0.124 e. The highest BCUT2D eigenvalue weighted by atomic mass is 16.5. The van der Waals surface area contributed by atoms with Gasteiger partial charge in [0.15, 0.2) is 0 Å². The van der Waals surface area contributed by atoms with Crippen LogP contribution >= 0.6 is 0 Å². The highest BCUT2D eigenvalue weighted by molar-refractivity contribution is 5.33. The lowest BCUT2D eigenvalue weighted by Crippen LogP contribution is -2.45. The van der Waals surface area contributed by atoms with Crippen molar-refractivity contribution in [2.24, 2.45) is 5.92 Å². The Bertz CT molecular complexity index is 677. The Morgan fingerprint density at radius 1 is 1.16 bits per heavy atom. The predicted octanol–water partition coefficient (Wildman–Crippen LogP) is 3.66. The molecule has 0 aliphatic carbocycles. The first-order chi connectivity index (χ1) is 12.4. The lowest BCUT2D eigenvalue weighted by atomic mass is 9.88. The second-order valence-corrected chi connectivity index (χ2v) is 7.09. The summed E-state index contributed by atoms with van der Waals surface area (Å²) >= 11 is 0. The molecule has 1 aromatic carbocycles. The molecule has 4 nitrogen and oxygen atoms in total. The van der Waals surface area contributed by atoms with E-state index in [1.807, 2.05) is 24.4 Å². The minimum atomic E-state index is 0.488. The molecular weight excluding hydrogens is 312 g/mol. The summed E-state index contributed by atoms with van der Waals surface area (Å²) in [6, 6.07) is 12.4. The molecule has 2 atom stereocenters. The van der Waals surface area contributed by atoms with E-state index in [2.05, 4.69) is 28.1 Å². The molecule has 2 fully saturated rings. The van der Waals surface area contributed by atoms with Crippen molar-refractivity contribution in [3.05, 3.63) is 59.9 Å². The SMILES string of the molecule is c1cncc(COc2ccccc2CN2CC[C@@H]3OCCC[C@@H]3C2)c1. The van der Waals surface area contributed by atoms with Crippen molar-refractivity contribution in [1.29, 1.82) is 0 Å². The fourth-order valence-electron chi connectivity index (χ4n) is 3.97. The molecule has 0 radical (unpaired) electrons. The minimum Gasteiger partial charge on any atom is -0.489 e. The number of hydrogen-bond donors (Lipinski definition) is 0. The summed E-state index contributed by atoms with van der Waals surface area (Å²) in [6.45, 7) is 4.71. The Hall–Kier alpha value is -1.91. The number of para-hydroxylation sites is 1. The van der Waals surface area contributed by atoms with Gasteiger partial charge in [-0.1, -0.05) is 24.3 Å². The number of benzene rings is 1. The molecule has 25 heavy (non-hydrogen) atoms. The van der Waals surface area contributed by atoms with Crippen molar-refractivity contribution in [3.8, 4) is 5.75 Å². The standard InChI is InChI=1S/C21H26N2O2/c1-2-8-20(25-16-17-5-3-10-22-13-17)18(6-1)14-23-11-9-21-19(15-23)7-4-12-24-21/h1-3,5-6,8,10,13,19,21H,4,7,9,11-12,14-16H2/t19-,21+/m1/s1. The number of fused-ring (bicyclic) bond motifs is 1. The van der Waals surface area contributed by atoms with Crippen LogP contribution in [-0.4, -0.2) is 35.7 Å². The topological polar surface area (TPSA) is 34.6 Å². The summed E-state index contributed by atoms with van der Waals surface area (Å²) in [5.74, 6) is 1.68. The zero-order valence-corrected chi connectivity index (χ0v) is 14.6. The van der Waals surface area contributed by atoms with Gasteiger partial charge in [-0.15, -0.1) is 0 Å². The average molecular weight is 338 g/mol. The number of piperidine rings is 1. The van der Waals surface area contributed by atoms with Gasteiger partial charge in [0.2, 0.25) is 0 Å². The molecule has 0 amide bonds. The molecule has 0 N–H and O–H groups in total. The first kappa shape index (κ1) is 16.6. The molecule has 132 valence electrons. The maximum absolute atomic E-state index is 6.08. The van der Waals surface area contributed by atoms with Crippen LogP contribution in [0.3, 0.4) is 0 Å². The van der Waals surface area contributed by atoms with E-state index >= 15 is 0 Å². The van der Waals surface area contributed by atoms with Crippen molar-refractivity contribution in [2.45, 2.75) is 38.5 Å². The minimum absolute atomic E-state index is 0.488. The summed E-state index contributed by atoms with van der Waals surface area (Å²) < 4.78 is 12.0. The van der Waals surface area contributed by atoms with Crippen LogP contribution in [0.2, 0.25) is 0 Å². The van der Waals surface area contributed by atoms with Gasteiger partial charge in [0.05, 0.1) is 6.10 Å². The number of likely N-dealkylation sites (tertiary alicyclic amines) is 1. The van der Waals surface area contributed by atoms with E-state index in [0.29, 0.717) is 18.6 Å². The number of hydrogen-bond acceptors (Lipinski definition) is 4. The Labute approximate surface area is 149 Å². The lowest BCUT2D eigenvalue weighted by Gasteiger charge is -2.41. The molecule has 0 unspecified atom stereocenters. The number of pyridine rings is 1. The first-order valence-electron chi connectivity index (χ1n) is 9.32. The number of nitrogens with zero attached hydrogens (tertiary/aromatic N) is 2. The molecule has 4 rings (SSSR count). The van der Waals surface area contributed by atoms with E-state index in [1.54, 1.807) is 6.20 Å². The molecule has 2 aliphatic rings. The van der Waals surface area contributed by atoms with Crippen LogP contribution in [0.5, 0.6) is 5.75 Å². The van der Waals surface area contributed by atoms with Crippen LogP contribution in [-0.2, 0) is 17.9 Å². The van der Waals surface area contributed by atoms with Crippen molar-refractivity contribution in [3.63, 3.8) is 0 Å². The van der Waals surface area contributed by atoms with Crippen molar-refractivity contribution in [1.82, 2.24) is 9.88 Å². The van der Waals surface area contributed by atoms with Gasteiger partial charge in [-0.2, -0.15) is 0 Å². The maximum atomic E-state index is 6.08. The molecule has 2 saturated heterocycles. The third kappa shape index (κ3) is 4.20. The molecule has 3 heterocycles. The zero-order chi connectivity index (χ0) is 16.9. The highest BCUT2D eigenvalue weighted by Crippen LogP contribution is 2.30. The number of aromatic nitrogens is 1. The van der Waals surface area contributed by atoms with Crippen molar-refractivity contribution in [2.75, 3.05) is 19.7 Å². The average Bonchev–Trinajstić information content (AvgIpc) is 2.68. The van der Waals surface area contributed by atoms with Crippen LogP contribution in [0, 0.1) is 5.92 Å². The third-order valence-corrected chi connectivity index (χ3v) is 5.28. The summed E-state index contributed by atoms with van der Waals surface area (Å²) in [5, 5.41) is 0. The highest BCUT2D eigenvalue weighted by Gasteiger charge is 2.32. The predicted molar refractivity (Wildman–Crippen MR) is 97.4 cm³/mol. The van der Waals surface area contributed by atoms with Gasteiger partial charge in [0, 0.05) is 49.8 Å². The summed E-state index contributed by atoms with van der Waals surface area (Å²) in [5.41, 5.74) is 2.36. The number of rotatable bonds is 5. The van der Waals surface area contributed by atoms with Crippen molar-refractivity contribution < 1.29 is 9.47 Å². The first-order valence-corrected chi connectivity index (χ1v) is 9.32. The summed E-state index contributed by atoms with van der Waals surface area (Å²) in [6.07, 6.45) is 7.80. The van der Waals surface area contributed by atoms with E-state index in [0.717, 1.165) is 44.0 Å². The Morgan fingerprint density at radius 3 is 3.04 bits per heavy atom. The largest absolute Gasteiger partial charge is 0.489 e. The van der Waals surface area contributed by atoms with Crippen LogP contribution < -0.4 is 4.74 Å². The van der Waals surface area contributed by atoms with E-state index in [9.17, 15) is 0 Å². The monoisotopic (exact) mass is 338 g/mol. The molecular formula is C21H26N2O2. The second kappa shape index (κ2) is 7.98. The quantitative estimate of drug-likeness (QED) is 0.833. The van der Waals surface area contributed by atoms with Gasteiger partial charge in [0.25, 0.3) is 0 Å². The molecule has 2 aromatic rings. The smallest absolute Gasteiger partial charge is 0.124 e. The molecule has 0 spiro atoms. The second-order valence-electron chi connectivity index (χ2n) is 7.09. The van der Waals surface area contributed by atoms with E-state index in [4.69, 9.17) is 9.47 Å². The molecule has 2 aliphatic heterocycles. The van der Waals surface area contributed by atoms with Gasteiger partial charge in [-0.05, 0) is 37.3 Å². The fraction of sp³-hybridized carbons (Fsp3) is 0.476. The van der Waals surface area contributed by atoms with E-state index in [1.165, 1.54) is 18.4 Å². The van der Waals surface area contributed by atoms with Crippen LogP contribution in [0.4, 0.5) is 0 Å². The Kier molecular flexibility index (Phi) is 5.28. The zero-order valence-electron chi connectivity index (χ0n) is 14.6. The van der Waals surface area contributed by atoms with E-state index in [-0.39, 0.29) is 0 Å². The van der Waals surface area contributed by atoms with Gasteiger partial charge in [-0.25, -0.2) is 0 Å². The fourth-order valence-corrected chi connectivity index (χ4v) is 3.97. The van der Waals surface area contributed by atoms with E-state index < -0.39 is 0 Å². The van der Waals surface area contributed by atoms with Gasteiger partial charge >= 0.3 is 0 Å². The normalized spacial score (nSPS) is 23.8. The lowest BCUT2D eigenvalue weighted by molar-refractivity contribution is -0.0676. The summed E-state index contributed by atoms with van der Waals surface area (Å²) in [7, 11) is 0. The Balaban J connectivity index is 1.39. The molecule has 0 bridgehead atoms. The number of ether oxygens (including phenoxy) is 2. The van der Waals surface area contributed by atoms with Crippen LogP contribution in [0.15, 0.2) is 48.8 Å².